The number of ether oxygens (including phenoxy) is 1. The normalized spacial score (nSPS) is 15.5. The Morgan fingerprint density at radius 1 is 1.23 bits per heavy atom. The summed E-state index contributed by atoms with van der Waals surface area (Å²) in [5, 5.41) is 18.8. The van der Waals surface area contributed by atoms with Crippen molar-refractivity contribution in [2.45, 2.75) is 70.4 Å². The Labute approximate surface area is 248 Å². The molecule has 0 unspecified atom stereocenters. The number of benzene rings is 1. The smallest absolute Gasteiger partial charge is 0.475 e. The Hall–Kier alpha value is -3.57. The number of piperidine rings is 1. The minimum absolute atomic E-state index is 0.000217. The predicted octanol–water partition coefficient (Wildman–Crippen LogP) is 3.04. The number of aryl methyl sites for hydroxylation is 2. The second-order valence-electron chi connectivity index (χ2n) is 10.3. The molecule has 1 saturated heterocycles. The average Bonchev–Trinajstić information content (AvgIpc) is 3.36. The fraction of sp³-hybridized carbons (Fsp3) is 0.556. The first kappa shape index (κ1) is 32.3. The first-order chi connectivity index (χ1) is 20.6. The van der Waals surface area contributed by atoms with Crippen molar-refractivity contribution < 1.29 is 33.1 Å². The van der Waals surface area contributed by atoms with Crippen LogP contribution in [0, 0.1) is 16.0 Å². The van der Waals surface area contributed by atoms with E-state index in [1.165, 1.54) is 22.1 Å². The van der Waals surface area contributed by atoms with Crippen LogP contribution in [-0.2, 0) is 32.7 Å². The molecule has 1 aliphatic rings. The third-order valence-electron chi connectivity index (χ3n) is 7.52. The van der Waals surface area contributed by atoms with E-state index in [2.05, 4.69) is 9.82 Å². The summed E-state index contributed by atoms with van der Waals surface area (Å²) < 4.78 is 36.6. The molecule has 0 aliphatic carbocycles. The number of aromatic amines is 1. The monoisotopic (exact) mass is 622 g/mol. The number of nitrogens with zero attached hydrogens (tertiary/aromatic N) is 4. The van der Waals surface area contributed by atoms with E-state index in [1.807, 2.05) is 31.5 Å². The molecule has 0 bridgehead atoms. The molecule has 1 aromatic carbocycles. The number of hydrogen-bond donors (Lipinski definition) is 3. The maximum atomic E-state index is 13.8. The molecule has 3 heterocycles. The summed E-state index contributed by atoms with van der Waals surface area (Å²) in [4.78, 5) is 41.3. The first-order valence-electron chi connectivity index (χ1n) is 14.4. The molecule has 3 aromatic rings. The van der Waals surface area contributed by atoms with Crippen molar-refractivity contribution in [2.24, 2.45) is 5.92 Å². The van der Waals surface area contributed by atoms with Crippen molar-refractivity contribution in [3.63, 3.8) is 0 Å². The SMILES string of the molecule is CCCOc1ccc(S(=O)(=O)N2CCC([C@H](CON[O-])O[N+](=O)O)CC2)cc1-c1nc2c(CCC)cn(CC)c2c(=O)[nH]1. The summed E-state index contributed by atoms with van der Waals surface area (Å²) in [6.07, 6.45) is 3.86. The van der Waals surface area contributed by atoms with Gasteiger partial charge in [0.1, 0.15) is 28.6 Å². The van der Waals surface area contributed by atoms with Crippen LogP contribution in [0.25, 0.3) is 22.4 Å². The molecule has 1 atom stereocenters. The zero-order valence-corrected chi connectivity index (χ0v) is 25.3. The van der Waals surface area contributed by atoms with Crippen LogP contribution in [0.4, 0.5) is 0 Å². The molecule has 1 aliphatic heterocycles. The summed E-state index contributed by atoms with van der Waals surface area (Å²) in [5.41, 5.74) is 3.26. The van der Waals surface area contributed by atoms with Gasteiger partial charge in [0, 0.05) is 31.7 Å². The van der Waals surface area contributed by atoms with E-state index in [-0.39, 0.29) is 54.7 Å². The van der Waals surface area contributed by atoms with Gasteiger partial charge in [-0.3, -0.25) is 10.4 Å². The standard InChI is InChI=1S/C27H38N6O9S/c1-4-7-19-16-31(6-3)25-24(19)28-26(29-27(25)34)21-15-20(8-9-22(21)40-14-5-2)43(38,39)32-12-10-18(11-13-32)23(17-41-30-35)42-33(36)37/h8-9,15-16,18,23,30H,4-7,10-14,17H2,1-3H3,(H,36,37)(H,28,29,34)/t23-/m0/s1. The second kappa shape index (κ2) is 14.3. The summed E-state index contributed by atoms with van der Waals surface area (Å²) in [6.45, 7) is 6.81. The van der Waals surface area contributed by atoms with Crippen molar-refractivity contribution in [1.29, 1.82) is 0 Å². The van der Waals surface area contributed by atoms with Gasteiger partial charge in [-0.25, -0.2) is 18.6 Å². The van der Waals surface area contributed by atoms with Crippen molar-refractivity contribution >= 4 is 21.1 Å². The molecule has 236 valence electrons. The maximum absolute atomic E-state index is 13.8. The topological polar surface area (TPSA) is 191 Å². The van der Waals surface area contributed by atoms with Gasteiger partial charge in [0.05, 0.1) is 22.6 Å². The van der Waals surface area contributed by atoms with E-state index in [9.17, 15) is 23.3 Å². The minimum atomic E-state index is -3.99. The van der Waals surface area contributed by atoms with Crippen LogP contribution < -0.4 is 15.9 Å². The third-order valence-corrected chi connectivity index (χ3v) is 9.41. The molecule has 15 nitrogen and oxygen atoms in total. The predicted molar refractivity (Wildman–Crippen MR) is 155 cm³/mol. The molecule has 16 heteroatoms. The quantitative estimate of drug-likeness (QED) is 0.211. The van der Waals surface area contributed by atoms with Crippen LogP contribution in [0.3, 0.4) is 0 Å². The number of rotatable bonds is 15. The van der Waals surface area contributed by atoms with Crippen molar-refractivity contribution in [3.8, 4) is 17.1 Å². The van der Waals surface area contributed by atoms with E-state index in [4.69, 9.17) is 19.8 Å². The average molecular weight is 623 g/mol. The Morgan fingerprint density at radius 3 is 2.60 bits per heavy atom. The number of aromatic nitrogens is 3. The summed E-state index contributed by atoms with van der Waals surface area (Å²) in [5.74, 6) is 0.244. The summed E-state index contributed by atoms with van der Waals surface area (Å²) >= 11 is 0. The lowest BCUT2D eigenvalue weighted by atomic mass is 9.92. The second-order valence-corrected chi connectivity index (χ2v) is 12.3. The van der Waals surface area contributed by atoms with Crippen LogP contribution >= 0.6 is 0 Å². The lowest BCUT2D eigenvalue weighted by Crippen LogP contribution is -2.43. The van der Waals surface area contributed by atoms with Crippen LogP contribution in [0.1, 0.15) is 52.0 Å². The summed E-state index contributed by atoms with van der Waals surface area (Å²) in [7, 11) is -3.99. The van der Waals surface area contributed by atoms with E-state index in [0.717, 1.165) is 24.8 Å². The third kappa shape index (κ3) is 7.15. The van der Waals surface area contributed by atoms with E-state index in [1.54, 1.807) is 6.07 Å². The van der Waals surface area contributed by atoms with Gasteiger partial charge in [-0.05, 0) is 56.4 Å². The largest absolute Gasteiger partial charge is 0.765 e. The Morgan fingerprint density at radius 2 is 1.98 bits per heavy atom. The van der Waals surface area contributed by atoms with Gasteiger partial charge in [-0.15, -0.1) is 0 Å². The minimum Gasteiger partial charge on any atom is -0.765 e. The molecular weight excluding hydrogens is 584 g/mol. The zero-order valence-electron chi connectivity index (χ0n) is 24.4. The van der Waals surface area contributed by atoms with E-state index < -0.39 is 21.2 Å². The van der Waals surface area contributed by atoms with Crippen molar-refractivity contribution in [2.75, 3.05) is 26.3 Å². The van der Waals surface area contributed by atoms with E-state index in [0.29, 0.717) is 35.5 Å². The van der Waals surface area contributed by atoms with Crippen LogP contribution in [0.15, 0.2) is 34.1 Å². The van der Waals surface area contributed by atoms with Crippen molar-refractivity contribution in [3.05, 3.63) is 50.4 Å². The van der Waals surface area contributed by atoms with E-state index >= 15 is 0 Å². The van der Waals surface area contributed by atoms with Gasteiger partial charge in [-0.1, -0.05) is 20.3 Å². The number of nitrogens with one attached hydrogen (secondary N) is 2. The highest BCUT2D eigenvalue weighted by molar-refractivity contribution is 7.89. The van der Waals surface area contributed by atoms with Crippen LogP contribution in [0.5, 0.6) is 5.75 Å². The fourth-order valence-corrected chi connectivity index (χ4v) is 6.91. The van der Waals surface area contributed by atoms with Gasteiger partial charge in [0.25, 0.3) is 5.56 Å². The zero-order chi connectivity index (χ0) is 31.1. The van der Waals surface area contributed by atoms with Crippen LogP contribution in [-0.4, -0.2) is 70.0 Å². The molecule has 2 aromatic heterocycles. The lowest BCUT2D eigenvalue weighted by Gasteiger charge is -2.32. The first-order valence-corrected chi connectivity index (χ1v) is 15.8. The summed E-state index contributed by atoms with van der Waals surface area (Å²) in [6, 6.07) is 4.50. The van der Waals surface area contributed by atoms with Gasteiger partial charge in [0.2, 0.25) is 16.1 Å². The Kier molecular flexibility index (Phi) is 10.7. The fourth-order valence-electron chi connectivity index (χ4n) is 5.41. The maximum Gasteiger partial charge on any atom is 0.475 e. The van der Waals surface area contributed by atoms with Crippen LogP contribution in [0.2, 0.25) is 0 Å². The number of H-pyrrole nitrogens is 1. The molecule has 0 spiro atoms. The highest BCUT2D eigenvalue weighted by atomic mass is 32.2. The molecule has 0 amide bonds. The number of sulfonamides is 1. The van der Waals surface area contributed by atoms with Gasteiger partial charge in [-0.2, -0.15) is 9.14 Å². The Balaban J connectivity index is 1.68. The molecule has 3 N–H and O–H groups in total. The molecule has 1 fully saturated rings. The molecular formula is C27H38N6O9S. The Bertz CT molecular complexity index is 1580. The number of fused-ring (bicyclic) bond motifs is 1. The highest BCUT2D eigenvalue weighted by Gasteiger charge is 2.37. The molecule has 0 saturated carbocycles. The molecule has 43 heavy (non-hydrogen) atoms. The highest BCUT2D eigenvalue weighted by Crippen LogP contribution is 2.34. The van der Waals surface area contributed by atoms with Gasteiger partial charge >= 0.3 is 5.09 Å². The van der Waals surface area contributed by atoms with Gasteiger partial charge < -0.3 is 24.3 Å². The molecule has 0 radical (unpaired) electrons. The lowest BCUT2D eigenvalue weighted by molar-refractivity contribution is -0.982. The molecule has 4 rings (SSSR count). The number of hydrogen-bond acceptors (Lipinski definition) is 10. The van der Waals surface area contributed by atoms with Gasteiger partial charge in [0.15, 0.2) is 0 Å². The van der Waals surface area contributed by atoms with Crippen molar-refractivity contribution in [1.82, 2.24) is 24.5 Å².